The van der Waals surface area contributed by atoms with Crippen LogP contribution in [0, 0.1) is 6.92 Å². The molecule has 0 spiro atoms. The van der Waals surface area contributed by atoms with Crippen LogP contribution in [0.4, 0.5) is 13.2 Å². The first-order valence-corrected chi connectivity index (χ1v) is 6.85. The summed E-state index contributed by atoms with van der Waals surface area (Å²) in [7, 11) is 0. The number of benzene rings is 2. The Hall–Kier alpha value is -2.01. The molecule has 0 unspecified atom stereocenters. The third kappa shape index (κ3) is 4.01. The van der Waals surface area contributed by atoms with Crippen LogP contribution >= 0.6 is 11.6 Å². The molecule has 0 aliphatic rings. The van der Waals surface area contributed by atoms with Crippen LogP contribution in [0.25, 0.3) is 0 Å². The van der Waals surface area contributed by atoms with Gasteiger partial charge in [0.05, 0.1) is 16.1 Å². The molecule has 6 heteroatoms. The van der Waals surface area contributed by atoms with Crippen LogP contribution in [-0.4, -0.2) is 5.91 Å². The summed E-state index contributed by atoms with van der Waals surface area (Å²) in [5.41, 5.74) is 0.831. The molecule has 0 bridgehead atoms. The zero-order valence-corrected chi connectivity index (χ0v) is 12.4. The van der Waals surface area contributed by atoms with E-state index in [1.165, 1.54) is 12.1 Å². The fraction of sp³-hybridized carbons (Fsp3) is 0.188. The number of aryl methyl sites for hydroxylation is 1. The van der Waals surface area contributed by atoms with Crippen LogP contribution in [0.2, 0.25) is 5.02 Å². The van der Waals surface area contributed by atoms with Gasteiger partial charge in [-0.15, -0.1) is 0 Å². The molecule has 1 amide bonds. The largest absolute Gasteiger partial charge is 0.416 e. The van der Waals surface area contributed by atoms with Crippen molar-refractivity contribution in [3.05, 3.63) is 69.7 Å². The van der Waals surface area contributed by atoms with Gasteiger partial charge in [-0.2, -0.15) is 13.2 Å². The van der Waals surface area contributed by atoms with E-state index in [0.717, 1.165) is 17.7 Å². The molecule has 22 heavy (non-hydrogen) atoms. The van der Waals surface area contributed by atoms with Gasteiger partial charge in [0.1, 0.15) is 0 Å². The monoisotopic (exact) mass is 327 g/mol. The number of halogens is 4. The van der Waals surface area contributed by atoms with Crippen LogP contribution in [0.5, 0.6) is 0 Å². The van der Waals surface area contributed by atoms with E-state index >= 15 is 0 Å². The summed E-state index contributed by atoms with van der Waals surface area (Å²) < 4.78 is 37.9. The second kappa shape index (κ2) is 6.40. The predicted molar refractivity (Wildman–Crippen MR) is 78.8 cm³/mol. The highest BCUT2D eigenvalue weighted by molar-refractivity contribution is 6.33. The highest BCUT2D eigenvalue weighted by atomic mass is 35.5. The Bertz CT molecular complexity index is 698. The summed E-state index contributed by atoms with van der Waals surface area (Å²) in [6.45, 7) is 1.84. The van der Waals surface area contributed by atoms with Crippen molar-refractivity contribution in [1.82, 2.24) is 5.32 Å². The SMILES string of the molecule is Cc1ccc(C(=O)NCc2cccc(C(F)(F)F)c2)c(Cl)c1. The quantitative estimate of drug-likeness (QED) is 0.877. The van der Waals surface area contributed by atoms with Crippen molar-refractivity contribution in [2.75, 3.05) is 0 Å². The Morgan fingerprint density at radius 1 is 1.18 bits per heavy atom. The number of carbonyl (C=O) groups excluding carboxylic acids is 1. The van der Waals surface area contributed by atoms with Gasteiger partial charge < -0.3 is 5.32 Å². The van der Waals surface area contributed by atoms with Crippen LogP contribution in [0.15, 0.2) is 42.5 Å². The summed E-state index contributed by atoms with van der Waals surface area (Å²) in [5.74, 6) is -0.428. The lowest BCUT2D eigenvalue weighted by molar-refractivity contribution is -0.137. The molecule has 0 saturated heterocycles. The molecule has 2 aromatic rings. The Kier molecular flexibility index (Phi) is 4.76. The third-order valence-corrected chi connectivity index (χ3v) is 3.39. The molecule has 0 radical (unpaired) electrons. The lowest BCUT2D eigenvalue weighted by Gasteiger charge is -2.10. The minimum atomic E-state index is -4.40. The van der Waals surface area contributed by atoms with Gasteiger partial charge in [-0.25, -0.2) is 0 Å². The molecule has 2 nitrogen and oxygen atoms in total. The van der Waals surface area contributed by atoms with Crippen molar-refractivity contribution in [2.45, 2.75) is 19.6 Å². The van der Waals surface area contributed by atoms with Gasteiger partial charge in [-0.05, 0) is 42.3 Å². The molecule has 2 aromatic carbocycles. The first-order chi connectivity index (χ1) is 10.3. The molecule has 0 aliphatic carbocycles. The second-order valence-corrected chi connectivity index (χ2v) is 5.27. The van der Waals surface area contributed by atoms with Crippen molar-refractivity contribution in [3.63, 3.8) is 0 Å². The molecule has 0 saturated carbocycles. The molecule has 116 valence electrons. The summed E-state index contributed by atoms with van der Waals surface area (Å²) in [5, 5.41) is 2.87. The van der Waals surface area contributed by atoms with Crippen molar-refractivity contribution >= 4 is 17.5 Å². The summed E-state index contributed by atoms with van der Waals surface area (Å²) >= 11 is 5.98. The molecule has 1 N–H and O–H groups in total. The number of hydrogen-bond acceptors (Lipinski definition) is 1. The number of rotatable bonds is 3. The Balaban J connectivity index is 2.08. The van der Waals surface area contributed by atoms with E-state index in [-0.39, 0.29) is 6.54 Å². The lowest BCUT2D eigenvalue weighted by atomic mass is 10.1. The van der Waals surface area contributed by atoms with Crippen LogP contribution in [0.1, 0.15) is 27.0 Å². The van der Waals surface area contributed by atoms with E-state index in [1.54, 1.807) is 18.2 Å². The van der Waals surface area contributed by atoms with E-state index in [4.69, 9.17) is 11.6 Å². The van der Waals surface area contributed by atoms with Crippen molar-refractivity contribution < 1.29 is 18.0 Å². The maximum Gasteiger partial charge on any atom is 0.416 e. The van der Waals surface area contributed by atoms with Gasteiger partial charge in [0.2, 0.25) is 0 Å². The Labute approximate surface area is 130 Å². The minimum absolute atomic E-state index is 0.00699. The van der Waals surface area contributed by atoms with E-state index in [2.05, 4.69) is 5.32 Å². The standard InChI is InChI=1S/C16H13ClF3NO/c1-10-5-6-13(14(17)7-10)15(22)21-9-11-3-2-4-12(8-11)16(18,19)20/h2-8H,9H2,1H3,(H,21,22). The van der Waals surface area contributed by atoms with E-state index in [0.29, 0.717) is 16.1 Å². The molecular formula is C16H13ClF3NO. The molecule has 0 atom stereocenters. The Morgan fingerprint density at radius 2 is 1.91 bits per heavy atom. The maximum atomic E-state index is 12.6. The van der Waals surface area contributed by atoms with Gasteiger partial charge >= 0.3 is 6.18 Å². The minimum Gasteiger partial charge on any atom is -0.348 e. The molecule has 0 fully saturated rings. The van der Waals surface area contributed by atoms with Crippen molar-refractivity contribution in [3.8, 4) is 0 Å². The average molecular weight is 328 g/mol. The molecule has 0 aromatic heterocycles. The maximum absolute atomic E-state index is 12.6. The van der Waals surface area contributed by atoms with E-state index in [9.17, 15) is 18.0 Å². The van der Waals surface area contributed by atoms with E-state index < -0.39 is 17.6 Å². The number of carbonyl (C=O) groups is 1. The van der Waals surface area contributed by atoms with Gasteiger partial charge in [0.15, 0.2) is 0 Å². The smallest absolute Gasteiger partial charge is 0.348 e. The van der Waals surface area contributed by atoms with Crippen LogP contribution < -0.4 is 5.32 Å². The first-order valence-electron chi connectivity index (χ1n) is 6.48. The number of alkyl halides is 3. The topological polar surface area (TPSA) is 29.1 Å². The van der Waals surface area contributed by atoms with Gasteiger partial charge in [-0.1, -0.05) is 29.8 Å². The van der Waals surface area contributed by atoms with Gasteiger partial charge in [0, 0.05) is 6.54 Å². The zero-order valence-electron chi connectivity index (χ0n) is 11.7. The average Bonchev–Trinajstić information content (AvgIpc) is 2.44. The van der Waals surface area contributed by atoms with Crippen molar-refractivity contribution in [2.24, 2.45) is 0 Å². The predicted octanol–water partition coefficient (Wildman–Crippen LogP) is 4.60. The first kappa shape index (κ1) is 16.4. The van der Waals surface area contributed by atoms with Gasteiger partial charge in [0.25, 0.3) is 5.91 Å². The number of nitrogens with one attached hydrogen (secondary N) is 1. The van der Waals surface area contributed by atoms with Crippen LogP contribution in [-0.2, 0) is 12.7 Å². The summed E-state index contributed by atoms with van der Waals surface area (Å²) in [6, 6.07) is 9.81. The summed E-state index contributed by atoms with van der Waals surface area (Å²) in [4.78, 5) is 12.0. The molecule has 0 heterocycles. The summed E-state index contributed by atoms with van der Waals surface area (Å²) in [6.07, 6.45) is -4.40. The fourth-order valence-corrected chi connectivity index (χ4v) is 2.26. The molecule has 0 aliphatic heterocycles. The third-order valence-electron chi connectivity index (χ3n) is 3.08. The molecule has 2 rings (SSSR count). The number of amides is 1. The lowest BCUT2D eigenvalue weighted by Crippen LogP contribution is -2.23. The molecular weight excluding hydrogens is 315 g/mol. The highest BCUT2D eigenvalue weighted by Crippen LogP contribution is 2.29. The van der Waals surface area contributed by atoms with E-state index in [1.807, 2.05) is 6.92 Å². The highest BCUT2D eigenvalue weighted by Gasteiger charge is 2.30. The second-order valence-electron chi connectivity index (χ2n) is 4.86. The fourth-order valence-electron chi connectivity index (χ4n) is 1.94. The zero-order chi connectivity index (χ0) is 16.3. The Morgan fingerprint density at radius 3 is 2.55 bits per heavy atom. The van der Waals surface area contributed by atoms with Gasteiger partial charge in [-0.3, -0.25) is 4.79 Å². The van der Waals surface area contributed by atoms with Crippen LogP contribution in [0.3, 0.4) is 0 Å². The number of hydrogen-bond donors (Lipinski definition) is 1. The normalized spacial score (nSPS) is 11.3. The van der Waals surface area contributed by atoms with Crippen molar-refractivity contribution in [1.29, 1.82) is 0 Å².